The molecular weight excluding hydrogens is 336 g/mol. The van der Waals surface area contributed by atoms with Gasteiger partial charge >= 0.3 is 0 Å². The summed E-state index contributed by atoms with van der Waals surface area (Å²) in [6, 6.07) is 14.1. The molecule has 2 aromatic rings. The minimum absolute atomic E-state index is 0.00765. The fraction of sp³-hybridized carbons (Fsp3) is 0.391. The first kappa shape index (κ1) is 19.2. The number of para-hydroxylation sites is 1. The summed E-state index contributed by atoms with van der Waals surface area (Å²) >= 11 is 0. The van der Waals surface area contributed by atoms with Gasteiger partial charge < -0.3 is 10.2 Å². The molecule has 0 aromatic heterocycles. The third-order valence-corrected chi connectivity index (χ3v) is 5.33. The number of nitrogens with one attached hydrogen (secondary N) is 1. The van der Waals surface area contributed by atoms with Crippen LogP contribution in [0, 0.1) is 12.8 Å². The summed E-state index contributed by atoms with van der Waals surface area (Å²) in [5.41, 5.74) is 5.16. The smallest absolute Gasteiger partial charge is 0.229 e. The van der Waals surface area contributed by atoms with E-state index in [2.05, 4.69) is 32.2 Å². The third kappa shape index (κ3) is 4.05. The minimum Gasteiger partial charge on any atom is -0.325 e. The second-order valence-corrected chi connectivity index (χ2v) is 7.61. The lowest BCUT2D eigenvalue weighted by molar-refractivity contribution is -0.122. The highest BCUT2D eigenvalue weighted by molar-refractivity contribution is 6.04. The largest absolute Gasteiger partial charge is 0.325 e. The molecular formula is C23H28N2O2. The van der Waals surface area contributed by atoms with Crippen molar-refractivity contribution >= 4 is 23.2 Å². The Morgan fingerprint density at radius 3 is 2.52 bits per heavy atom. The van der Waals surface area contributed by atoms with Gasteiger partial charge in [-0.25, -0.2) is 0 Å². The lowest BCUT2D eigenvalue weighted by Gasteiger charge is -2.19. The molecule has 27 heavy (non-hydrogen) atoms. The van der Waals surface area contributed by atoms with Gasteiger partial charge in [0.05, 0.1) is 5.92 Å². The maximum absolute atomic E-state index is 12.9. The summed E-state index contributed by atoms with van der Waals surface area (Å²) < 4.78 is 0. The predicted molar refractivity (Wildman–Crippen MR) is 110 cm³/mol. The first-order valence-corrected chi connectivity index (χ1v) is 9.70. The van der Waals surface area contributed by atoms with Gasteiger partial charge in [-0.3, -0.25) is 9.59 Å². The molecule has 0 aliphatic carbocycles. The van der Waals surface area contributed by atoms with Crippen LogP contribution < -0.4 is 10.2 Å². The SMILES string of the molecule is CCc1ccc(N2CC(C(=O)Nc3c(C)cccc3C(C)C)CC2=O)cc1. The number of carbonyl (C=O) groups excluding carboxylic acids is 2. The summed E-state index contributed by atoms with van der Waals surface area (Å²) in [6.45, 7) is 8.77. The first-order chi connectivity index (χ1) is 12.9. The van der Waals surface area contributed by atoms with E-state index in [9.17, 15) is 9.59 Å². The lowest BCUT2D eigenvalue weighted by atomic mass is 9.97. The second-order valence-electron chi connectivity index (χ2n) is 7.61. The summed E-state index contributed by atoms with van der Waals surface area (Å²) in [5, 5.41) is 3.10. The minimum atomic E-state index is -0.331. The van der Waals surface area contributed by atoms with Gasteiger partial charge in [0, 0.05) is 24.3 Å². The molecule has 0 radical (unpaired) electrons. The number of benzene rings is 2. The molecule has 1 aliphatic rings. The van der Waals surface area contributed by atoms with Gasteiger partial charge in [-0.1, -0.05) is 51.1 Å². The van der Waals surface area contributed by atoms with Crippen molar-refractivity contribution in [3.8, 4) is 0 Å². The second kappa shape index (κ2) is 7.95. The number of amides is 2. The molecule has 1 heterocycles. The van der Waals surface area contributed by atoms with Crippen LogP contribution in [0.15, 0.2) is 42.5 Å². The highest BCUT2D eigenvalue weighted by Gasteiger charge is 2.35. The van der Waals surface area contributed by atoms with Crippen molar-refractivity contribution in [2.75, 3.05) is 16.8 Å². The molecule has 2 aromatic carbocycles. The van der Waals surface area contributed by atoms with E-state index in [1.54, 1.807) is 4.90 Å². The summed E-state index contributed by atoms with van der Waals surface area (Å²) in [4.78, 5) is 27.1. The highest BCUT2D eigenvalue weighted by Crippen LogP contribution is 2.30. The van der Waals surface area contributed by atoms with E-state index in [0.717, 1.165) is 28.9 Å². The molecule has 1 atom stereocenters. The van der Waals surface area contributed by atoms with Crippen molar-refractivity contribution in [3.05, 3.63) is 59.2 Å². The number of nitrogens with zero attached hydrogens (tertiary/aromatic N) is 1. The number of aryl methyl sites for hydroxylation is 2. The molecule has 4 nitrogen and oxygen atoms in total. The van der Waals surface area contributed by atoms with Gasteiger partial charge in [0.15, 0.2) is 0 Å². The molecule has 1 saturated heterocycles. The molecule has 1 N–H and O–H groups in total. The first-order valence-electron chi connectivity index (χ1n) is 9.70. The van der Waals surface area contributed by atoms with Crippen molar-refractivity contribution in [3.63, 3.8) is 0 Å². The zero-order valence-corrected chi connectivity index (χ0v) is 16.6. The van der Waals surface area contributed by atoms with Crippen LogP contribution in [-0.2, 0) is 16.0 Å². The van der Waals surface area contributed by atoms with E-state index in [1.165, 1.54) is 5.56 Å². The number of rotatable bonds is 5. The van der Waals surface area contributed by atoms with Crippen LogP contribution in [0.3, 0.4) is 0 Å². The number of hydrogen-bond acceptors (Lipinski definition) is 2. The van der Waals surface area contributed by atoms with Gasteiger partial charge in [0.2, 0.25) is 11.8 Å². The zero-order chi connectivity index (χ0) is 19.6. The van der Waals surface area contributed by atoms with Gasteiger partial charge in [-0.2, -0.15) is 0 Å². The Morgan fingerprint density at radius 1 is 1.19 bits per heavy atom. The Kier molecular flexibility index (Phi) is 5.64. The molecule has 0 bridgehead atoms. The van der Waals surface area contributed by atoms with Gasteiger partial charge in [-0.05, 0) is 48.1 Å². The van der Waals surface area contributed by atoms with Gasteiger partial charge in [-0.15, -0.1) is 0 Å². The maximum atomic E-state index is 12.9. The molecule has 142 valence electrons. The van der Waals surface area contributed by atoms with Crippen LogP contribution in [0.4, 0.5) is 11.4 Å². The van der Waals surface area contributed by atoms with E-state index >= 15 is 0 Å². The van der Waals surface area contributed by atoms with E-state index < -0.39 is 0 Å². The Bertz CT molecular complexity index is 840. The third-order valence-electron chi connectivity index (χ3n) is 5.33. The highest BCUT2D eigenvalue weighted by atomic mass is 16.2. The van der Waals surface area contributed by atoms with Crippen molar-refractivity contribution < 1.29 is 9.59 Å². The summed E-state index contributed by atoms with van der Waals surface area (Å²) in [6.07, 6.45) is 1.22. The Labute approximate surface area is 161 Å². The standard InChI is InChI=1S/C23H28N2O2/c1-5-17-9-11-19(12-10-17)25-14-18(13-21(25)26)23(27)24-22-16(4)7-6-8-20(22)15(2)3/h6-12,15,18H,5,13-14H2,1-4H3,(H,24,27). The molecule has 0 spiro atoms. The predicted octanol–water partition coefficient (Wildman–Crippen LogP) is 4.67. The molecule has 1 aliphatic heterocycles. The summed E-state index contributed by atoms with van der Waals surface area (Å²) in [7, 11) is 0. The van der Waals surface area contributed by atoms with E-state index in [-0.39, 0.29) is 24.2 Å². The van der Waals surface area contributed by atoms with Gasteiger partial charge in [0.25, 0.3) is 0 Å². The van der Waals surface area contributed by atoms with Crippen LogP contribution in [0.1, 0.15) is 49.8 Å². The van der Waals surface area contributed by atoms with Crippen LogP contribution >= 0.6 is 0 Å². The topological polar surface area (TPSA) is 49.4 Å². The molecule has 3 rings (SSSR count). The Hall–Kier alpha value is -2.62. The van der Waals surface area contributed by atoms with E-state index in [4.69, 9.17) is 0 Å². The fourth-order valence-corrected chi connectivity index (χ4v) is 3.61. The Morgan fingerprint density at radius 2 is 1.89 bits per heavy atom. The lowest BCUT2D eigenvalue weighted by Crippen LogP contribution is -2.28. The molecule has 1 unspecified atom stereocenters. The van der Waals surface area contributed by atoms with Crippen molar-refractivity contribution in [1.82, 2.24) is 0 Å². The van der Waals surface area contributed by atoms with Crippen molar-refractivity contribution in [2.24, 2.45) is 5.92 Å². The monoisotopic (exact) mass is 364 g/mol. The van der Waals surface area contributed by atoms with Crippen LogP contribution in [0.2, 0.25) is 0 Å². The number of anilines is 2. The number of carbonyl (C=O) groups is 2. The average molecular weight is 364 g/mol. The fourth-order valence-electron chi connectivity index (χ4n) is 3.61. The molecule has 4 heteroatoms. The normalized spacial score (nSPS) is 16.9. The van der Waals surface area contributed by atoms with Crippen LogP contribution in [-0.4, -0.2) is 18.4 Å². The van der Waals surface area contributed by atoms with Crippen molar-refractivity contribution in [2.45, 2.75) is 46.5 Å². The summed E-state index contributed by atoms with van der Waals surface area (Å²) in [5.74, 6) is -0.0811. The quantitative estimate of drug-likeness (QED) is 0.838. The number of hydrogen-bond donors (Lipinski definition) is 1. The van der Waals surface area contributed by atoms with Gasteiger partial charge in [0.1, 0.15) is 0 Å². The molecule has 0 saturated carbocycles. The molecule has 1 fully saturated rings. The maximum Gasteiger partial charge on any atom is 0.229 e. The zero-order valence-electron chi connectivity index (χ0n) is 16.6. The van der Waals surface area contributed by atoms with Crippen molar-refractivity contribution in [1.29, 1.82) is 0 Å². The van der Waals surface area contributed by atoms with Crippen LogP contribution in [0.25, 0.3) is 0 Å². The van der Waals surface area contributed by atoms with E-state index in [1.807, 2.05) is 43.3 Å². The average Bonchev–Trinajstić information content (AvgIpc) is 3.05. The Balaban J connectivity index is 1.75. The molecule has 2 amide bonds. The van der Waals surface area contributed by atoms with E-state index in [0.29, 0.717) is 12.5 Å². The van der Waals surface area contributed by atoms with Crippen LogP contribution in [0.5, 0.6) is 0 Å².